The number of benzene rings is 2. The third kappa shape index (κ3) is 7.11. The van der Waals surface area contributed by atoms with Crippen molar-refractivity contribution in [1.82, 2.24) is 5.32 Å². The molecule has 1 heterocycles. The van der Waals surface area contributed by atoms with Gasteiger partial charge in [-0.3, -0.25) is 9.59 Å². The summed E-state index contributed by atoms with van der Waals surface area (Å²) in [4.78, 5) is 69.2. The molecule has 1 aliphatic heterocycles. The Morgan fingerprint density at radius 1 is 0.966 bits per heavy atom. The van der Waals surface area contributed by atoms with E-state index in [2.05, 4.69) is 5.32 Å². The van der Waals surface area contributed by atoms with E-state index in [1.54, 1.807) is 104 Å². The summed E-state index contributed by atoms with van der Waals surface area (Å²) in [7, 11) is 0. The van der Waals surface area contributed by atoms with Gasteiger partial charge < -0.3 is 44.3 Å². The van der Waals surface area contributed by atoms with E-state index in [0.717, 1.165) is 0 Å². The highest BCUT2D eigenvalue weighted by Gasteiger charge is 2.77. The number of hydrogen-bond acceptors (Lipinski definition) is 13. The van der Waals surface area contributed by atoms with Crippen molar-refractivity contribution >= 4 is 29.8 Å². The lowest BCUT2D eigenvalue weighted by Crippen LogP contribution is -2.80. The predicted molar refractivity (Wildman–Crippen MR) is 207 cm³/mol. The molecular weight excluding hydrogens is 750 g/mol. The van der Waals surface area contributed by atoms with Gasteiger partial charge in [0.2, 0.25) is 0 Å². The first-order valence-corrected chi connectivity index (χ1v) is 19.7. The van der Waals surface area contributed by atoms with Crippen molar-refractivity contribution in [3.63, 3.8) is 0 Å². The van der Waals surface area contributed by atoms with Crippen molar-refractivity contribution in [3.8, 4) is 0 Å². The van der Waals surface area contributed by atoms with Crippen LogP contribution in [0.5, 0.6) is 0 Å². The molecule has 2 aromatic rings. The standard InChI is InChI=1S/C44H55NO13/c1-23-20-29-43(22-54-29,57-25(3)46)34-36(56-37(50)27-18-14-11-15-19-27)44(53)21-28(24(2)30(41(44,7)8)32(47)35(49)42(23,34)9)55-38(51)33(48)31(26-16-12-10-13-17-26)45-39(52)58-40(4,5)6/h10-19,23,28-29,31-34,36,47-48,53H,20-22H2,1-9H3,(H,45,52)/t23-,28-,29+,31-,32+,33+,34?,36-,42+,43-,44+/m0/s1. The second-order valence-corrected chi connectivity index (χ2v) is 18.0. The van der Waals surface area contributed by atoms with Crippen molar-refractivity contribution in [1.29, 1.82) is 0 Å². The summed E-state index contributed by atoms with van der Waals surface area (Å²) in [5.41, 5.74) is -7.04. The molecule has 4 N–H and O–H groups in total. The largest absolute Gasteiger partial charge is 0.456 e. The summed E-state index contributed by atoms with van der Waals surface area (Å²) in [5.74, 6) is -5.19. The zero-order valence-electron chi connectivity index (χ0n) is 34.4. The third-order valence-electron chi connectivity index (χ3n) is 13.0. The van der Waals surface area contributed by atoms with Crippen LogP contribution in [0, 0.1) is 22.7 Å². The topological polar surface area (TPSA) is 204 Å². The van der Waals surface area contributed by atoms with Crippen LogP contribution in [0.25, 0.3) is 0 Å². The highest BCUT2D eigenvalue weighted by atomic mass is 16.6. The van der Waals surface area contributed by atoms with Gasteiger partial charge in [-0.1, -0.05) is 76.2 Å². The van der Waals surface area contributed by atoms with Gasteiger partial charge in [-0.25, -0.2) is 14.4 Å². The van der Waals surface area contributed by atoms with Gasteiger partial charge in [0.15, 0.2) is 17.5 Å². The normalized spacial score (nSPS) is 33.7. The summed E-state index contributed by atoms with van der Waals surface area (Å²) in [6.07, 6.45) is -8.74. The minimum absolute atomic E-state index is 0.0474. The van der Waals surface area contributed by atoms with Crippen LogP contribution in [-0.2, 0) is 38.1 Å². The van der Waals surface area contributed by atoms with Gasteiger partial charge in [-0.05, 0) is 68.9 Å². The van der Waals surface area contributed by atoms with Crippen molar-refractivity contribution < 1.29 is 63.0 Å². The smallest absolute Gasteiger partial charge is 0.408 e. The Labute approximate surface area is 338 Å². The van der Waals surface area contributed by atoms with Crippen molar-refractivity contribution in [2.24, 2.45) is 22.7 Å². The van der Waals surface area contributed by atoms with Crippen LogP contribution in [-0.4, -0.2) is 99.0 Å². The van der Waals surface area contributed by atoms with Gasteiger partial charge in [0, 0.05) is 24.2 Å². The van der Waals surface area contributed by atoms with E-state index in [1.165, 1.54) is 19.1 Å². The Hall–Kier alpha value is -4.63. The maximum absolute atomic E-state index is 15.1. The molecule has 0 aromatic heterocycles. The van der Waals surface area contributed by atoms with Crippen LogP contribution in [0.4, 0.5) is 4.79 Å². The van der Waals surface area contributed by atoms with E-state index in [4.69, 9.17) is 23.7 Å². The molecule has 6 rings (SSSR count). The molecule has 58 heavy (non-hydrogen) atoms. The van der Waals surface area contributed by atoms with Crippen LogP contribution in [0.2, 0.25) is 0 Å². The molecule has 314 valence electrons. The Balaban J connectivity index is 1.49. The van der Waals surface area contributed by atoms with Crippen LogP contribution in [0.15, 0.2) is 71.8 Å². The van der Waals surface area contributed by atoms with E-state index >= 15 is 4.79 Å². The number of Topliss-reactive ketones (excluding diaryl/α,β-unsaturated/α-hetero) is 1. The van der Waals surface area contributed by atoms with Crippen molar-refractivity contribution in [3.05, 3.63) is 82.9 Å². The Morgan fingerprint density at radius 3 is 2.12 bits per heavy atom. The lowest BCUT2D eigenvalue weighted by Gasteiger charge is -2.68. The minimum Gasteiger partial charge on any atom is -0.456 e. The molecule has 3 aliphatic carbocycles. The number of fused-ring (bicyclic) bond motifs is 5. The summed E-state index contributed by atoms with van der Waals surface area (Å²) >= 11 is 0. The lowest BCUT2D eigenvalue weighted by molar-refractivity contribution is -0.340. The van der Waals surface area contributed by atoms with Crippen LogP contribution < -0.4 is 5.32 Å². The molecule has 2 saturated carbocycles. The molecule has 1 unspecified atom stereocenters. The van der Waals surface area contributed by atoms with E-state index < -0.39 is 112 Å². The second-order valence-electron chi connectivity index (χ2n) is 18.0. The molecule has 3 fully saturated rings. The second kappa shape index (κ2) is 15.2. The quantitative estimate of drug-likeness (QED) is 0.165. The molecule has 0 radical (unpaired) electrons. The van der Waals surface area contributed by atoms with E-state index in [9.17, 15) is 34.5 Å². The van der Waals surface area contributed by atoms with Gasteiger partial charge in [0.05, 0.1) is 24.1 Å². The number of alkyl carbamates (subject to hydrolysis) is 1. The molecule has 0 spiro atoms. The molecule has 1 saturated heterocycles. The fourth-order valence-corrected chi connectivity index (χ4v) is 9.86. The number of nitrogens with one attached hydrogen (secondary N) is 1. The zero-order valence-corrected chi connectivity index (χ0v) is 34.4. The fourth-order valence-electron chi connectivity index (χ4n) is 9.86. The lowest BCUT2D eigenvalue weighted by atomic mass is 9.43. The Bertz CT molecular complexity index is 1970. The van der Waals surface area contributed by atoms with Gasteiger partial charge in [0.25, 0.3) is 0 Å². The number of ketones is 1. The maximum Gasteiger partial charge on any atom is 0.408 e. The van der Waals surface area contributed by atoms with Gasteiger partial charge in [-0.2, -0.15) is 0 Å². The third-order valence-corrected chi connectivity index (χ3v) is 13.0. The number of rotatable bonds is 8. The van der Waals surface area contributed by atoms with Gasteiger partial charge in [0.1, 0.15) is 35.6 Å². The summed E-state index contributed by atoms with van der Waals surface area (Å²) < 4.78 is 30.0. The predicted octanol–water partition coefficient (Wildman–Crippen LogP) is 4.53. The number of ether oxygens (including phenoxy) is 5. The number of carbonyl (C=O) groups is 5. The highest BCUT2D eigenvalue weighted by molar-refractivity contribution is 5.94. The monoisotopic (exact) mass is 805 g/mol. The molecule has 11 atom stereocenters. The first kappa shape index (κ1) is 43.0. The number of hydrogen-bond donors (Lipinski definition) is 4. The Morgan fingerprint density at radius 2 is 1.57 bits per heavy atom. The molecule has 1 amide bonds. The molecule has 2 bridgehead atoms. The van der Waals surface area contributed by atoms with Crippen LogP contribution >= 0.6 is 0 Å². The van der Waals surface area contributed by atoms with Crippen molar-refractivity contribution in [2.45, 2.75) is 129 Å². The summed E-state index contributed by atoms with van der Waals surface area (Å²) in [6, 6.07) is 15.0. The molecular formula is C44H55NO13. The van der Waals surface area contributed by atoms with E-state index in [1.807, 2.05) is 0 Å². The average molecular weight is 806 g/mol. The first-order valence-electron chi connectivity index (χ1n) is 19.7. The van der Waals surface area contributed by atoms with Crippen LogP contribution in [0.3, 0.4) is 0 Å². The molecule has 14 nitrogen and oxygen atoms in total. The number of aliphatic hydroxyl groups is 3. The van der Waals surface area contributed by atoms with Crippen LogP contribution in [0.1, 0.15) is 97.1 Å². The fraction of sp³-hybridized carbons (Fsp3) is 0.568. The minimum atomic E-state index is -2.24. The van der Waals surface area contributed by atoms with E-state index in [-0.39, 0.29) is 29.7 Å². The number of esters is 3. The summed E-state index contributed by atoms with van der Waals surface area (Å²) in [5, 5.41) is 40.0. The number of aliphatic hydroxyl groups excluding tert-OH is 2. The number of carbonyl (C=O) groups excluding carboxylic acids is 5. The summed E-state index contributed by atoms with van der Waals surface area (Å²) in [6.45, 7) is 14.2. The van der Waals surface area contributed by atoms with Crippen molar-refractivity contribution in [2.75, 3.05) is 6.61 Å². The zero-order chi connectivity index (χ0) is 42.7. The average Bonchev–Trinajstić information content (AvgIpc) is 3.14. The van der Waals surface area contributed by atoms with Gasteiger partial charge in [-0.15, -0.1) is 0 Å². The molecule has 2 aromatic carbocycles. The first-order chi connectivity index (χ1) is 27.0. The molecule has 4 aliphatic rings. The SMILES string of the molecule is CC(=O)O[C@@]12CO[C@@H]1C[C@H](C)[C@@]1(C)C(=O)[C@H](O)C3=C(C)[C@@H](OC(=O)[C@H](O)[C@@H](NC(=O)OC(C)(C)C)c4ccccc4)C[C@@](O)([C@@H](OC(=O)c4ccccc4)C12)C3(C)C. The maximum atomic E-state index is 15.1. The highest BCUT2D eigenvalue weighted by Crippen LogP contribution is 2.65. The van der Waals surface area contributed by atoms with E-state index in [0.29, 0.717) is 5.56 Å². The van der Waals surface area contributed by atoms with Gasteiger partial charge >= 0.3 is 24.0 Å². The Kier molecular flexibility index (Phi) is 11.3. The molecule has 14 heteroatoms. The number of amides is 1.